The van der Waals surface area contributed by atoms with E-state index in [0.717, 1.165) is 19.5 Å². The van der Waals surface area contributed by atoms with Crippen LogP contribution in [0.3, 0.4) is 0 Å². The van der Waals surface area contributed by atoms with E-state index < -0.39 is 0 Å². The van der Waals surface area contributed by atoms with Gasteiger partial charge >= 0.3 is 0 Å². The van der Waals surface area contributed by atoms with Crippen LogP contribution in [0.15, 0.2) is 0 Å². The predicted octanol–water partition coefficient (Wildman–Crippen LogP) is 1.85. The van der Waals surface area contributed by atoms with Gasteiger partial charge in [0.1, 0.15) is 11.6 Å². The van der Waals surface area contributed by atoms with Crippen molar-refractivity contribution < 1.29 is 0 Å². The fraction of sp³-hybridized carbons (Fsp3) is 0.846. The lowest BCUT2D eigenvalue weighted by molar-refractivity contribution is 0.346. The Kier molecular flexibility index (Phi) is 3.14. The number of aromatic nitrogens is 3. The Balaban J connectivity index is 1.83. The van der Waals surface area contributed by atoms with E-state index in [2.05, 4.69) is 14.8 Å². The molecule has 1 atom stereocenters. The summed E-state index contributed by atoms with van der Waals surface area (Å²) in [4.78, 5) is 0. The van der Waals surface area contributed by atoms with Gasteiger partial charge in [0.05, 0.1) is 0 Å². The standard InChI is InChI=1S/C13H22N4/c14-8-10-6-7-12-15-16-13(17(12)9-10)11-4-2-1-3-5-11/h10-11H,1-9,14H2. The van der Waals surface area contributed by atoms with Crippen molar-refractivity contribution in [3.63, 3.8) is 0 Å². The van der Waals surface area contributed by atoms with Crippen LogP contribution in [0.1, 0.15) is 56.1 Å². The first-order valence-electron chi connectivity index (χ1n) is 7.00. The Morgan fingerprint density at radius 2 is 1.94 bits per heavy atom. The molecular weight excluding hydrogens is 212 g/mol. The molecule has 0 spiro atoms. The molecule has 1 saturated carbocycles. The Hall–Kier alpha value is -0.900. The highest BCUT2D eigenvalue weighted by Crippen LogP contribution is 2.33. The van der Waals surface area contributed by atoms with Gasteiger partial charge in [-0.2, -0.15) is 0 Å². The second-order valence-corrected chi connectivity index (χ2v) is 5.56. The molecule has 2 heterocycles. The van der Waals surface area contributed by atoms with Crippen LogP contribution in [0.4, 0.5) is 0 Å². The van der Waals surface area contributed by atoms with E-state index in [1.165, 1.54) is 50.2 Å². The first-order valence-corrected chi connectivity index (χ1v) is 7.00. The van der Waals surface area contributed by atoms with Crippen molar-refractivity contribution in [3.8, 4) is 0 Å². The van der Waals surface area contributed by atoms with Gasteiger partial charge in [-0.25, -0.2) is 0 Å². The van der Waals surface area contributed by atoms with Gasteiger partial charge in [-0.15, -0.1) is 10.2 Å². The Bertz CT molecular complexity index is 379. The van der Waals surface area contributed by atoms with Gasteiger partial charge in [0.2, 0.25) is 0 Å². The van der Waals surface area contributed by atoms with Gasteiger partial charge in [-0.05, 0) is 31.7 Å². The summed E-state index contributed by atoms with van der Waals surface area (Å²) in [7, 11) is 0. The molecule has 4 nitrogen and oxygen atoms in total. The average molecular weight is 234 g/mol. The zero-order chi connectivity index (χ0) is 11.7. The van der Waals surface area contributed by atoms with Crippen LogP contribution in [0, 0.1) is 5.92 Å². The quantitative estimate of drug-likeness (QED) is 0.849. The molecule has 0 amide bonds. The zero-order valence-corrected chi connectivity index (χ0v) is 10.4. The zero-order valence-electron chi connectivity index (χ0n) is 10.4. The highest BCUT2D eigenvalue weighted by Gasteiger charge is 2.27. The lowest BCUT2D eigenvalue weighted by atomic mass is 9.88. The fourth-order valence-electron chi connectivity index (χ4n) is 3.27. The number of hydrogen-bond donors (Lipinski definition) is 1. The molecule has 0 saturated heterocycles. The summed E-state index contributed by atoms with van der Waals surface area (Å²) in [6.45, 7) is 1.84. The summed E-state index contributed by atoms with van der Waals surface area (Å²) in [5.74, 6) is 3.72. The Labute approximate surface area is 103 Å². The van der Waals surface area contributed by atoms with Crippen LogP contribution in [0.25, 0.3) is 0 Å². The summed E-state index contributed by atoms with van der Waals surface area (Å²) in [5.41, 5.74) is 5.80. The molecular formula is C13H22N4. The van der Waals surface area contributed by atoms with E-state index in [4.69, 9.17) is 5.73 Å². The number of aryl methyl sites for hydroxylation is 1. The van der Waals surface area contributed by atoms with E-state index in [-0.39, 0.29) is 0 Å². The van der Waals surface area contributed by atoms with E-state index in [9.17, 15) is 0 Å². The maximum Gasteiger partial charge on any atom is 0.136 e. The first-order chi connectivity index (χ1) is 8.38. The maximum atomic E-state index is 5.80. The summed E-state index contributed by atoms with van der Waals surface area (Å²) >= 11 is 0. The third-order valence-corrected chi connectivity index (χ3v) is 4.38. The van der Waals surface area contributed by atoms with E-state index in [1.807, 2.05) is 0 Å². The van der Waals surface area contributed by atoms with Crippen molar-refractivity contribution in [2.45, 2.75) is 57.4 Å². The van der Waals surface area contributed by atoms with E-state index >= 15 is 0 Å². The summed E-state index contributed by atoms with van der Waals surface area (Å²) in [6.07, 6.45) is 8.93. The molecule has 3 rings (SSSR count). The largest absolute Gasteiger partial charge is 0.330 e. The van der Waals surface area contributed by atoms with Crippen molar-refractivity contribution in [1.29, 1.82) is 0 Å². The van der Waals surface area contributed by atoms with Gasteiger partial charge < -0.3 is 10.3 Å². The lowest BCUT2D eigenvalue weighted by Crippen LogP contribution is -2.28. The molecule has 17 heavy (non-hydrogen) atoms. The minimum atomic E-state index is 0.626. The SMILES string of the molecule is NCC1CCc2nnc(C3CCCCC3)n2C1. The minimum absolute atomic E-state index is 0.626. The molecule has 1 aliphatic carbocycles. The normalized spacial score (nSPS) is 25.8. The monoisotopic (exact) mass is 234 g/mol. The molecule has 1 aromatic heterocycles. The van der Waals surface area contributed by atoms with Crippen LogP contribution < -0.4 is 5.73 Å². The van der Waals surface area contributed by atoms with Crippen molar-refractivity contribution in [2.24, 2.45) is 11.7 Å². The van der Waals surface area contributed by atoms with E-state index in [1.54, 1.807) is 0 Å². The van der Waals surface area contributed by atoms with Crippen molar-refractivity contribution in [1.82, 2.24) is 14.8 Å². The van der Waals surface area contributed by atoms with Gasteiger partial charge in [0.25, 0.3) is 0 Å². The second kappa shape index (κ2) is 4.77. The molecule has 0 aromatic carbocycles. The number of nitrogens with two attached hydrogens (primary N) is 1. The van der Waals surface area contributed by atoms with Gasteiger partial charge in [-0.3, -0.25) is 0 Å². The highest BCUT2D eigenvalue weighted by molar-refractivity contribution is 5.06. The molecule has 94 valence electrons. The Morgan fingerprint density at radius 3 is 2.71 bits per heavy atom. The molecule has 0 bridgehead atoms. The second-order valence-electron chi connectivity index (χ2n) is 5.56. The maximum absolute atomic E-state index is 5.80. The smallest absolute Gasteiger partial charge is 0.136 e. The summed E-state index contributed by atoms with van der Waals surface area (Å²) in [5, 5.41) is 8.84. The van der Waals surface area contributed by atoms with E-state index in [0.29, 0.717) is 11.8 Å². The van der Waals surface area contributed by atoms with Crippen molar-refractivity contribution in [3.05, 3.63) is 11.6 Å². The molecule has 2 N–H and O–H groups in total. The molecule has 1 unspecified atom stereocenters. The third kappa shape index (κ3) is 2.10. The molecule has 0 radical (unpaired) electrons. The topological polar surface area (TPSA) is 56.7 Å². The number of rotatable bonds is 2. The van der Waals surface area contributed by atoms with Crippen LogP contribution in [0.5, 0.6) is 0 Å². The van der Waals surface area contributed by atoms with Gasteiger partial charge in [0, 0.05) is 18.9 Å². The number of fused-ring (bicyclic) bond motifs is 1. The number of hydrogen-bond acceptors (Lipinski definition) is 3. The Morgan fingerprint density at radius 1 is 1.12 bits per heavy atom. The summed E-state index contributed by atoms with van der Waals surface area (Å²) in [6, 6.07) is 0. The van der Waals surface area contributed by atoms with Crippen LogP contribution >= 0.6 is 0 Å². The van der Waals surface area contributed by atoms with Crippen LogP contribution in [-0.4, -0.2) is 21.3 Å². The van der Waals surface area contributed by atoms with Crippen LogP contribution in [0.2, 0.25) is 0 Å². The molecule has 1 fully saturated rings. The van der Waals surface area contributed by atoms with Crippen molar-refractivity contribution in [2.75, 3.05) is 6.54 Å². The summed E-state index contributed by atoms with van der Waals surface area (Å²) < 4.78 is 2.37. The number of nitrogens with zero attached hydrogens (tertiary/aromatic N) is 3. The van der Waals surface area contributed by atoms with Gasteiger partial charge in [-0.1, -0.05) is 19.3 Å². The molecule has 4 heteroatoms. The third-order valence-electron chi connectivity index (χ3n) is 4.38. The minimum Gasteiger partial charge on any atom is -0.330 e. The lowest BCUT2D eigenvalue weighted by Gasteiger charge is -2.26. The predicted molar refractivity (Wildman–Crippen MR) is 66.7 cm³/mol. The molecule has 2 aliphatic rings. The van der Waals surface area contributed by atoms with Crippen molar-refractivity contribution >= 4 is 0 Å². The molecule has 1 aliphatic heterocycles. The van der Waals surface area contributed by atoms with Crippen LogP contribution in [-0.2, 0) is 13.0 Å². The van der Waals surface area contributed by atoms with Gasteiger partial charge in [0.15, 0.2) is 0 Å². The first kappa shape index (κ1) is 11.2. The highest BCUT2D eigenvalue weighted by atomic mass is 15.3. The fourth-order valence-corrected chi connectivity index (χ4v) is 3.27. The molecule has 1 aromatic rings. The average Bonchev–Trinajstić information content (AvgIpc) is 2.82.